The third kappa shape index (κ3) is 2.65. The van der Waals surface area contributed by atoms with Gasteiger partial charge in [-0.25, -0.2) is 0 Å². The summed E-state index contributed by atoms with van der Waals surface area (Å²) >= 11 is 0. The first-order valence-electron chi connectivity index (χ1n) is 8.83. The zero-order chi connectivity index (χ0) is 16.7. The summed E-state index contributed by atoms with van der Waals surface area (Å²) in [6.45, 7) is 15.0. The Labute approximate surface area is 136 Å². The molecule has 0 spiro atoms. The molecule has 0 aliphatic carbocycles. The molecule has 2 aliphatic rings. The molecule has 2 saturated heterocycles. The van der Waals surface area contributed by atoms with Crippen molar-refractivity contribution >= 4 is 14.2 Å². The van der Waals surface area contributed by atoms with Crippen LogP contribution < -0.4 is 0 Å². The van der Waals surface area contributed by atoms with Gasteiger partial charge in [-0.1, -0.05) is 41.5 Å². The topological polar surface area (TPSA) is 49.8 Å². The third-order valence-electron chi connectivity index (χ3n) is 6.07. The van der Waals surface area contributed by atoms with Crippen molar-refractivity contribution in [1.29, 1.82) is 0 Å². The third-order valence-corrected chi connectivity index (χ3v) is 12.2. The molecule has 4 nitrogen and oxygen atoms in total. The Morgan fingerprint density at radius 3 is 2.27 bits per heavy atom. The van der Waals surface area contributed by atoms with Crippen LogP contribution in [0.5, 0.6) is 0 Å². The summed E-state index contributed by atoms with van der Waals surface area (Å²) in [6, 6.07) is 0. The molecule has 128 valence electrons. The van der Waals surface area contributed by atoms with Gasteiger partial charge in [0.1, 0.15) is 5.72 Å². The van der Waals surface area contributed by atoms with Crippen molar-refractivity contribution < 1.29 is 14.3 Å². The molecule has 5 heteroatoms. The number of nitrogens with zero attached hydrogens (tertiary/aromatic N) is 1. The van der Waals surface area contributed by atoms with Gasteiger partial charge in [0.2, 0.25) is 5.91 Å². The molecule has 0 aromatic carbocycles. The lowest BCUT2D eigenvalue weighted by Crippen LogP contribution is -2.51. The Hall–Kier alpha value is -0.393. The van der Waals surface area contributed by atoms with Crippen LogP contribution in [-0.2, 0) is 9.22 Å². The highest BCUT2D eigenvalue weighted by Gasteiger charge is 2.54. The molecule has 1 amide bonds. The molecule has 0 aromatic heterocycles. The van der Waals surface area contributed by atoms with Crippen molar-refractivity contribution in [3.8, 4) is 0 Å². The van der Waals surface area contributed by atoms with Crippen molar-refractivity contribution in [2.24, 2.45) is 5.92 Å². The summed E-state index contributed by atoms with van der Waals surface area (Å²) in [5, 5.41) is 10.9. The molecular weight excluding hydrogens is 294 g/mol. The summed E-state index contributed by atoms with van der Waals surface area (Å²) in [5.74, 6) is 0.173. The maximum Gasteiger partial charge on any atom is 0.225 e. The molecule has 0 saturated carbocycles. The van der Waals surface area contributed by atoms with Gasteiger partial charge in [-0.15, -0.1) is 0 Å². The van der Waals surface area contributed by atoms with Gasteiger partial charge in [-0.05, 0) is 23.0 Å². The normalized spacial score (nSPS) is 29.3. The van der Waals surface area contributed by atoms with Crippen LogP contribution in [0.1, 0.15) is 60.8 Å². The van der Waals surface area contributed by atoms with Crippen LogP contribution >= 0.6 is 0 Å². The van der Waals surface area contributed by atoms with Crippen molar-refractivity contribution in [3.63, 3.8) is 0 Å². The van der Waals surface area contributed by atoms with E-state index in [1.807, 2.05) is 0 Å². The van der Waals surface area contributed by atoms with Gasteiger partial charge in [0.25, 0.3) is 0 Å². The minimum absolute atomic E-state index is 0.0714. The van der Waals surface area contributed by atoms with E-state index in [0.29, 0.717) is 42.6 Å². The van der Waals surface area contributed by atoms with Crippen molar-refractivity contribution in [1.82, 2.24) is 4.90 Å². The SMILES string of the molecule is CC(C)[Si](OC[C@@H]1CCN2C(=O)CC[C@@]12O)(C(C)C)C(C)C. The predicted octanol–water partition coefficient (Wildman–Crippen LogP) is 3.51. The lowest BCUT2D eigenvalue weighted by atomic mass is 9.95. The van der Waals surface area contributed by atoms with Gasteiger partial charge in [-0.3, -0.25) is 4.79 Å². The number of hydrogen-bond acceptors (Lipinski definition) is 3. The Bertz CT molecular complexity index is 402. The van der Waals surface area contributed by atoms with E-state index < -0.39 is 14.0 Å². The molecule has 0 aromatic rings. The van der Waals surface area contributed by atoms with Crippen LogP contribution in [-0.4, -0.2) is 43.1 Å². The van der Waals surface area contributed by atoms with Crippen LogP contribution in [0.25, 0.3) is 0 Å². The van der Waals surface area contributed by atoms with Crippen molar-refractivity contribution in [2.75, 3.05) is 13.2 Å². The first kappa shape index (κ1) is 18.0. The molecular formula is C17H33NO3Si. The van der Waals surface area contributed by atoms with Gasteiger partial charge in [-0.2, -0.15) is 0 Å². The average molecular weight is 328 g/mol. The van der Waals surface area contributed by atoms with Crippen LogP contribution in [0.2, 0.25) is 16.6 Å². The molecule has 2 rings (SSSR count). The van der Waals surface area contributed by atoms with Gasteiger partial charge in [0, 0.05) is 31.9 Å². The number of fused-ring (bicyclic) bond motifs is 1. The van der Waals surface area contributed by atoms with E-state index in [1.165, 1.54) is 0 Å². The van der Waals surface area contributed by atoms with E-state index in [-0.39, 0.29) is 11.8 Å². The van der Waals surface area contributed by atoms with Crippen molar-refractivity contribution in [3.05, 3.63) is 0 Å². The quantitative estimate of drug-likeness (QED) is 0.760. The van der Waals surface area contributed by atoms with Gasteiger partial charge in [0.05, 0.1) is 0 Å². The first-order valence-corrected chi connectivity index (χ1v) is 11.0. The zero-order valence-electron chi connectivity index (χ0n) is 15.1. The van der Waals surface area contributed by atoms with Crippen LogP contribution in [0.15, 0.2) is 0 Å². The monoisotopic (exact) mass is 327 g/mol. The number of aliphatic hydroxyl groups is 1. The summed E-state index contributed by atoms with van der Waals surface area (Å²) in [6.07, 6.45) is 1.91. The second-order valence-electron chi connectivity index (χ2n) is 8.04. The highest BCUT2D eigenvalue weighted by molar-refractivity contribution is 6.77. The van der Waals surface area contributed by atoms with E-state index in [9.17, 15) is 9.90 Å². The second-order valence-corrected chi connectivity index (χ2v) is 13.5. The number of hydrogen-bond donors (Lipinski definition) is 1. The van der Waals surface area contributed by atoms with Crippen molar-refractivity contribution in [2.45, 2.75) is 83.2 Å². The van der Waals surface area contributed by atoms with E-state index in [0.717, 1.165) is 6.42 Å². The Kier molecular flexibility index (Phi) is 5.10. The highest BCUT2D eigenvalue weighted by atomic mass is 28.4. The van der Waals surface area contributed by atoms with Crippen LogP contribution in [0, 0.1) is 5.92 Å². The number of carbonyl (C=O) groups is 1. The molecule has 22 heavy (non-hydrogen) atoms. The molecule has 2 heterocycles. The molecule has 1 N–H and O–H groups in total. The second kappa shape index (κ2) is 6.25. The predicted molar refractivity (Wildman–Crippen MR) is 91.0 cm³/mol. The number of rotatable bonds is 6. The summed E-state index contributed by atoms with van der Waals surface area (Å²) in [4.78, 5) is 13.6. The smallest absolute Gasteiger partial charge is 0.225 e. The molecule has 2 aliphatic heterocycles. The van der Waals surface area contributed by atoms with E-state index in [2.05, 4.69) is 41.5 Å². The summed E-state index contributed by atoms with van der Waals surface area (Å²) < 4.78 is 6.65. The number of amides is 1. The van der Waals surface area contributed by atoms with Gasteiger partial charge >= 0.3 is 0 Å². The first-order chi connectivity index (χ1) is 10.2. The summed E-state index contributed by atoms with van der Waals surface area (Å²) in [5.41, 5.74) is 0.696. The molecule has 2 fully saturated rings. The van der Waals surface area contributed by atoms with E-state index >= 15 is 0 Å². The minimum Gasteiger partial charge on any atom is -0.416 e. The number of carbonyl (C=O) groups excluding carboxylic acids is 1. The van der Waals surface area contributed by atoms with E-state index in [1.54, 1.807) is 4.90 Å². The largest absolute Gasteiger partial charge is 0.416 e. The van der Waals surface area contributed by atoms with Crippen LogP contribution in [0.4, 0.5) is 0 Å². The van der Waals surface area contributed by atoms with Gasteiger partial charge in [0.15, 0.2) is 8.32 Å². The fraction of sp³-hybridized carbons (Fsp3) is 0.941. The fourth-order valence-electron chi connectivity index (χ4n) is 5.00. The fourth-order valence-corrected chi connectivity index (χ4v) is 10.5. The molecule has 2 atom stereocenters. The molecule has 0 unspecified atom stereocenters. The van der Waals surface area contributed by atoms with Gasteiger partial charge < -0.3 is 14.4 Å². The van der Waals surface area contributed by atoms with E-state index in [4.69, 9.17) is 4.43 Å². The lowest BCUT2D eigenvalue weighted by molar-refractivity contribution is -0.144. The molecule has 0 bridgehead atoms. The maximum atomic E-state index is 11.9. The molecule has 0 radical (unpaired) electrons. The standard InChI is InChI=1S/C17H33NO3Si/c1-12(2)22(13(3)4,14(5)6)21-11-15-8-10-18-16(19)7-9-17(15,18)20/h12-15,20H,7-11H2,1-6H3/t15-,17+/m0/s1. The summed E-state index contributed by atoms with van der Waals surface area (Å²) in [7, 11) is -1.90. The van der Waals surface area contributed by atoms with Crippen LogP contribution in [0.3, 0.4) is 0 Å². The Morgan fingerprint density at radius 1 is 1.23 bits per heavy atom. The maximum absolute atomic E-state index is 11.9. The Balaban J connectivity index is 2.12. The Morgan fingerprint density at radius 2 is 1.77 bits per heavy atom. The zero-order valence-corrected chi connectivity index (χ0v) is 16.1. The minimum atomic E-state index is -1.90. The average Bonchev–Trinajstić information content (AvgIpc) is 2.87. The lowest BCUT2D eigenvalue weighted by Gasteiger charge is -2.43. The highest BCUT2D eigenvalue weighted by Crippen LogP contribution is 2.46.